The van der Waals surface area contributed by atoms with Crippen LogP contribution in [0, 0.1) is 6.92 Å². The number of nitrogens with one attached hydrogen (secondary N) is 1. The monoisotopic (exact) mass is 436 g/mol. The van der Waals surface area contributed by atoms with Gasteiger partial charge in [-0.25, -0.2) is 8.42 Å². The summed E-state index contributed by atoms with van der Waals surface area (Å²) in [5.74, 6) is -0.201. The molecule has 2 aromatic rings. The normalized spacial score (nSPS) is 17.7. The van der Waals surface area contributed by atoms with Gasteiger partial charge in [0.1, 0.15) is 10.6 Å². The highest BCUT2D eigenvalue weighted by Crippen LogP contribution is 2.32. The minimum absolute atomic E-state index is 0.00309. The third kappa shape index (κ3) is 4.57. The fourth-order valence-electron chi connectivity index (χ4n) is 3.45. The first kappa shape index (κ1) is 21.6. The number of aryl methyl sites for hydroxylation is 1. The highest BCUT2D eigenvalue weighted by molar-refractivity contribution is 7.89. The number of hydrogen-bond donors (Lipinski definition) is 1. The summed E-state index contributed by atoms with van der Waals surface area (Å²) in [6, 6.07) is 9.55. The van der Waals surface area contributed by atoms with Crippen LogP contribution in [-0.4, -0.2) is 38.3 Å². The van der Waals surface area contributed by atoms with Crippen LogP contribution < -0.4 is 10.1 Å². The number of piperidine rings is 1. The Hall–Kier alpha value is -2.09. The Bertz CT molecular complexity index is 1020. The molecule has 1 fully saturated rings. The van der Waals surface area contributed by atoms with Crippen LogP contribution in [0.4, 0.5) is 5.69 Å². The maximum atomic E-state index is 13.3. The standard InChI is InChI=1S/C21H25ClN2O4S/c1-14-7-9-17(13-18(14)22)23-21(25)16-8-10-19(28-3)20(12-16)29(26,27)24-11-5-4-6-15(24)2/h7-10,12-13,15H,4-6,11H2,1-3H3,(H,23,25). The van der Waals surface area contributed by atoms with Crippen LogP contribution in [-0.2, 0) is 10.0 Å². The molecule has 1 N–H and O–H groups in total. The van der Waals surface area contributed by atoms with Gasteiger partial charge in [0.05, 0.1) is 7.11 Å². The zero-order valence-corrected chi connectivity index (χ0v) is 18.3. The van der Waals surface area contributed by atoms with E-state index in [4.69, 9.17) is 16.3 Å². The molecule has 1 saturated heterocycles. The number of sulfonamides is 1. The molecule has 29 heavy (non-hydrogen) atoms. The number of hydrogen-bond acceptors (Lipinski definition) is 4. The molecule has 2 aromatic carbocycles. The summed E-state index contributed by atoms with van der Waals surface area (Å²) >= 11 is 6.11. The second-order valence-electron chi connectivity index (χ2n) is 7.24. The summed E-state index contributed by atoms with van der Waals surface area (Å²) < 4.78 is 33.4. The van der Waals surface area contributed by atoms with E-state index in [-0.39, 0.29) is 22.3 Å². The van der Waals surface area contributed by atoms with Crippen LogP contribution in [0.3, 0.4) is 0 Å². The average Bonchev–Trinajstić information content (AvgIpc) is 2.70. The number of amides is 1. The number of carbonyl (C=O) groups is 1. The van der Waals surface area contributed by atoms with Crippen LogP contribution in [0.25, 0.3) is 0 Å². The first-order valence-corrected chi connectivity index (χ1v) is 11.3. The van der Waals surface area contributed by atoms with Crippen molar-refractivity contribution in [2.75, 3.05) is 19.0 Å². The summed E-state index contributed by atoms with van der Waals surface area (Å²) in [6.45, 7) is 4.24. The van der Waals surface area contributed by atoms with Crippen molar-refractivity contribution in [2.45, 2.75) is 44.0 Å². The highest BCUT2D eigenvalue weighted by Gasteiger charge is 2.33. The van der Waals surface area contributed by atoms with E-state index in [2.05, 4.69) is 5.32 Å². The molecule has 6 nitrogen and oxygen atoms in total. The van der Waals surface area contributed by atoms with Gasteiger partial charge < -0.3 is 10.1 Å². The molecule has 0 aromatic heterocycles. The first-order chi connectivity index (χ1) is 13.7. The Balaban J connectivity index is 1.94. The van der Waals surface area contributed by atoms with Gasteiger partial charge >= 0.3 is 0 Å². The Morgan fingerprint density at radius 3 is 2.62 bits per heavy atom. The molecule has 0 saturated carbocycles. The molecule has 1 aliphatic rings. The minimum atomic E-state index is -3.79. The first-order valence-electron chi connectivity index (χ1n) is 9.51. The second kappa shape index (κ2) is 8.73. The third-order valence-electron chi connectivity index (χ3n) is 5.18. The number of benzene rings is 2. The van der Waals surface area contributed by atoms with Gasteiger partial charge in [-0.3, -0.25) is 4.79 Å². The predicted molar refractivity (Wildman–Crippen MR) is 114 cm³/mol. The molecule has 1 heterocycles. The lowest BCUT2D eigenvalue weighted by atomic mass is 10.1. The second-order valence-corrected chi connectivity index (χ2v) is 9.51. The van der Waals surface area contributed by atoms with Crippen LogP contribution in [0.15, 0.2) is 41.3 Å². The van der Waals surface area contributed by atoms with E-state index >= 15 is 0 Å². The van der Waals surface area contributed by atoms with Gasteiger partial charge in [0.25, 0.3) is 5.91 Å². The van der Waals surface area contributed by atoms with E-state index in [1.165, 1.54) is 23.5 Å². The number of carbonyl (C=O) groups excluding carboxylic acids is 1. The third-order valence-corrected chi connectivity index (χ3v) is 7.63. The maximum absolute atomic E-state index is 13.3. The number of anilines is 1. The molecule has 1 aliphatic heterocycles. The number of methoxy groups -OCH3 is 1. The molecule has 0 spiro atoms. The van der Waals surface area contributed by atoms with Crippen LogP contribution in [0.1, 0.15) is 42.1 Å². The molecular formula is C21H25ClN2O4S. The molecule has 0 bridgehead atoms. The fraction of sp³-hybridized carbons (Fsp3) is 0.381. The lowest BCUT2D eigenvalue weighted by Crippen LogP contribution is -2.42. The zero-order chi connectivity index (χ0) is 21.2. The van der Waals surface area contributed by atoms with Crippen molar-refractivity contribution in [3.63, 3.8) is 0 Å². The zero-order valence-electron chi connectivity index (χ0n) is 16.7. The van der Waals surface area contributed by atoms with Gasteiger partial charge in [-0.15, -0.1) is 0 Å². The topological polar surface area (TPSA) is 75.7 Å². The maximum Gasteiger partial charge on any atom is 0.255 e. The smallest absolute Gasteiger partial charge is 0.255 e. The molecule has 0 radical (unpaired) electrons. The SMILES string of the molecule is COc1ccc(C(=O)Nc2ccc(C)c(Cl)c2)cc1S(=O)(=O)N1CCCCC1C. The lowest BCUT2D eigenvalue weighted by Gasteiger charge is -2.32. The Kier molecular flexibility index (Phi) is 6.51. The van der Waals surface area contributed by atoms with Crippen molar-refractivity contribution in [1.29, 1.82) is 0 Å². The van der Waals surface area contributed by atoms with Gasteiger partial charge in [0.15, 0.2) is 0 Å². The highest BCUT2D eigenvalue weighted by atomic mass is 35.5. The molecule has 8 heteroatoms. The van der Waals surface area contributed by atoms with Crippen LogP contribution in [0.5, 0.6) is 5.75 Å². The number of halogens is 1. The van der Waals surface area contributed by atoms with Gasteiger partial charge in [-0.1, -0.05) is 24.1 Å². The van der Waals surface area contributed by atoms with E-state index in [0.717, 1.165) is 24.8 Å². The number of nitrogens with zero attached hydrogens (tertiary/aromatic N) is 1. The van der Waals surface area contributed by atoms with E-state index in [1.807, 2.05) is 13.8 Å². The predicted octanol–water partition coefficient (Wildman–Crippen LogP) is 4.47. The van der Waals surface area contributed by atoms with E-state index < -0.39 is 15.9 Å². The Morgan fingerprint density at radius 2 is 1.97 bits per heavy atom. The molecule has 1 atom stereocenters. The summed E-state index contributed by atoms with van der Waals surface area (Å²) in [5.41, 5.74) is 1.67. The van der Waals surface area contributed by atoms with Crippen molar-refractivity contribution >= 4 is 33.2 Å². The lowest BCUT2D eigenvalue weighted by molar-refractivity contribution is 0.102. The van der Waals surface area contributed by atoms with Gasteiger partial charge in [0, 0.05) is 28.9 Å². The summed E-state index contributed by atoms with van der Waals surface area (Å²) in [7, 11) is -2.37. The van der Waals surface area contributed by atoms with Crippen molar-refractivity contribution in [3.05, 3.63) is 52.5 Å². The van der Waals surface area contributed by atoms with Crippen molar-refractivity contribution in [2.24, 2.45) is 0 Å². The average molecular weight is 437 g/mol. The molecular weight excluding hydrogens is 412 g/mol. The molecule has 3 rings (SSSR count). The van der Waals surface area contributed by atoms with Gasteiger partial charge in [-0.2, -0.15) is 4.31 Å². The minimum Gasteiger partial charge on any atom is -0.495 e. The number of ether oxygens (including phenoxy) is 1. The Morgan fingerprint density at radius 1 is 1.21 bits per heavy atom. The van der Waals surface area contributed by atoms with Crippen molar-refractivity contribution in [1.82, 2.24) is 4.31 Å². The van der Waals surface area contributed by atoms with Crippen LogP contribution in [0.2, 0.25) is 5.02 Å². The quantitative estimate of drug-likeness (QED) is 0.750. The van der Waals surface area contributed by atoms with E-state index in [0.29, 0.717) is 17.3 Å². The fourth-order valence-corrected chi connectivity index (χ4v) is 5.51. The van der Waals surface area contributed by atoms with E-state index in [9.17, 15) is 13.2 Å². The van der Waals surface area contributed by atoms with E-state index in [1.54, 1.807) is 24.3 Å². The summed E-state index contributed by atoms with van der Waals surface area (Å²) in [5, 5.41) is 3.30. The van der Waals surface area contributed by atoms with Crippen molar-refractivity contribution in [3.8, 4) is 5.75 Å². The molecule has 156 valence electrons. The summed E-state index contributed by atoms with van der Waals surface area (Å²) in [6.07, 6.45) is 2.64. The van der Waals surface area contributed by atoms with Gasteiger partial charge in [-0.05, 0) is 62.6 Å². The molecule has 1 amide bonds. The largest absolute Gasteiger partial charge is 0.495 e. The van der Waals surface area contributed by atoms with Crippen molar-refractivity contribution < 1.29 is 17.9 Å². The summed E-state index contributed by atoms with van der Waals surface area (Å²) in [4.78, 5) is 12.7. The van der Waals surface area contributed by atoms with Crippen LogP contribution >= 0.6 is 11.6 Å². The molecule has 0 aliphatic carbocycles. The number of rotatable bonds is 5. The van der Waals surface area contributed by atoms with Gasteiger partial charge in [0.2, 0.25) is 10.0 Å². The Labute approximate surface area is 176 Å². The molecule has 1 unspecified atom stereocenters.